The number of carbonyl (C=O) groups is 3. The minimum Gasteiger partial charge on any atom is -0.273 e. The molecule has 0 spiro atoms. The van der Waals surface area contributed by atoms with Gasteiger partial charge in [-0.25, -0.2) is 0 Å². The van der Waals surface area contributed by atoms with E-state index in [0.29, 0.717) is 17.9 Å². The smallest absolute Gasteiger partial charge is 0.273 e. The lowest BCUT2D eigenvalue weighted by Crippen LogP contribution is -2.45. The molecule has 2 rings (SSSR count). The molecule has 1 heterocycles. The lowest BCUT2D eigenvalue weighted by atomic mass is 10.1. The van der Waals surface area contributed by atoms with Crippen molar-refractivity contribution in [1.82, 2.24) is 10.4 Å². The van der Waals surface area contributed by atoms with Gasteiger partial charge in [0.15, 0.2) is 0 Å². The maximum atomic E-state index is 12.3. The summed E-state index contributed by atoms with van der Waals surface area (Å²) in [5, 5.41) is 0.727. The second kappa shape index (κ2) is 5.86. The number of rotatable bonds is 2. The van der Waals surface area contributed by atoms with Crippen LogP contribution < -0.4 is 5.43 Å². The Balaban J connectivity index is 2.60. The van der Waals surface area contributed by atoms with E-state index in [1.165, 1.54) is 0 Å². The van der Waals surface area contributed by atoms with Gasteiger partial charge in [0, 0.05) is 24.3 Å². The maximum absolute atomic E-state index is 12.3. The molecule has 0 aromatic heterocycles. The Morgan fingerprint density at radius 3 is 1.70 bits per heavy atom. The third-order valence-corrected chi connectivity index (χ3v) is 7.43. The van der Waals surface area contributed by atoms with Crippen LogP contribution in [0.2, 0.25) is 0 Å². The number of carbonyl (C=O) groups excluding carboxylic acids is 3. The van der Waals surface area contributed by atoms with Gasteiger partial charge < -0.3 is 0 Å². The van der Waals surface area contributed by atoms with Crippen molar-refractivity contribution in [2.24, 2.45) is 0 Å². The van der Waals surface area contributed by atoms with Gasteiger partial charge >= 0.3 is 0 Å². The molecule has 0 unspecified atom stereocenters. The molecule has 106 valence electrons. The van der Waals surface area contributed by atoms with Gasteiger partial charge in [0.25, 0.3) is 11.8 Å². The van der Waals surface area contributed by atoms with Crippen molar-refractivity contribution >= 4 is 81.4 Å². The number of imide groups is 1. The third-order valence-electron chi connectivity index (χ3n) is 2.66. The second-order valence-corrected chi connectivity index (χ2v) is 7.01. The molecule has 0 fully saturated rings. The molecule has 9 heteroatoms. The monoisotopic (exact) mass is 530 g/mol. The summed E-state index contributed by atoms with van der Waals surface area (Å²) in [5.74, 6) is -1.56. The number of fused-ring (bicyclic) bond motifs is 1. The van der Waals surface area contributed by atoms with E-state index in [-0.39, 0.29) is 17.5 Å². The molecule has 1 aromatic carbocycles. The molecule has 1 N–H and O–H groups in total. The molecule has 0 atom stereocenters. The summed E-state index contributed by atoms with van der Waals surface area (Å²) in [7, 11) is 0. The summed E-state index contributed by atoms with van der Waals surface area (Å²) in [6.07, 6.45) is 0.170. The van der Waals surface area contributed by atoms with Crippen LogP contribution in [0.25, 0.3) is 0 Å². The zero-order valence-corrected chi connectivity index (χ0v) is 16.2. The average molecular weight is 534 g/mol. The quantitative estimate of drug-likeness (QED) is 0.358. The minimum absolute atomic E-state index is 0.170. The zero-order valence-electron chi connectivity index (χ0n) is 9.89. The van der Waals surface area contributed by atoms with Crippen LogP contribution in [0.3, 0.4) is 0 Å². The number of nitrogens with one attached hydrogen (secondary N) is 1. The fourth-order valence-corrected chi connectivity index (χ4v) is 4.11. The van der Waals surface area contributed by atoms with Gasteiger partial charge in [-0.3, -0.25) is 19.8 Å². The van der Waals surface area contributed by atoms with Crippen molar-refractivity contribution in [2.75, 3.05) is 0 Å². The van der Waals surface area contributed by atoms with Gasteiger partial charge in [-0.1, -0.05) is 6.92 Å². The highest BCUT2D eigenvalue weighted by Crippen LogP contribution is 2.44. The number of halogens is 4. The van der Waals surface area contributed by atoms with Crippen molar-refractivity contribution in [3.05, 3.63) is 29.0 Å². The fourth-order valence-electron chi connectivity index (χ4n) is 1.65. The van der Waals surface area contributed by atoms with E-state index >= 15 is 0 Å². The van der Waals surface area contributed by atoms with Crippen molar-refractivity contribution in [3.8, 4) is 0 Å². The third kappa shape index (κ3) is 2.38. The van der Waals surface area contributed by atoms with Crippen molar-refractivity contribution in [3.63, 3.8) is 0 Å². The zero-order chi connectivity index (χ0) is 15.2. The highest BCUT2D eigenvalue weighted by Gasteiger charge is 2.41. The predicted molar refractivity (Wildman–Crippen MR) is 86.2 cm³/mol. The summed E-state index contributed by atoms with van der Waals surface area (Å²) in [6, 6.07) is 0. The van der Waals surface area contributed by atoms with Crippen LogP contribution >= 0.6 is 63.7 Å². The van der Waals surface area contributed by atoms with Crippen LogP contribution in [0.15, 0.2) is 17.9 Å². The van der Waals surface area contributed by atoms with E-state index < -0.39 is 17.7 Å². The van der Waals surface area contributed by atoms with Crippen LogP contribution in [0.1, 0.15) is 34.1 Å². The maximum Gasteiger partial charge on any atom is 0.281 e. The molecule has 5 nitrogen and oxygen atoms in total. The Kier molecular flexibility index (Phi) is 4.73. The Labute approximate surface area is 147 Å². The first-order valence-electron chi connectivity index (χ1n) is 5.35. The van der Waals surface area contributed by atoms with Gasteiger partial charge in [-0.05, 0) is 63.7 Å². The minimum atomic E-state index is -0.576. The standard InChI is InChI=1S/C11H6Br4N2O3/c1-2-3(18)16-17-10(19)4-5(11(17)20)7(13)9(15)8(14)6(4)12/h2H2,1H3,(H,16,18). The molecular formula is C11H6Br4N2O3. The number of hydrogen-bond acceptors (Lipinski definition) is 3. The highest BCUT2D eigenvalue weighted by atomic mass is 79.9. The van der Waals surface area contributed by atoms with Crippen LogP contribution in [-0.4, -0.2) is 22.7 Å². The molecule has 20 heavy (non-hydrogen) atoms. The van der Waals surface area contributed by atoms with Crippen molar-refractivity contribution < 1.29 is 14.4 Å². The first-order chi connectivity index (χ1) is 9.31. The normalized spacial score (nSPS) is 13.8. The Morgan fingerprint density at radius 1 is 0.950 bits per heavy atom. The number of amides is 3. The topological polar surface area (TPSA) is 66.5 Å². The molecule has 1 aliphatic heterocycles. The number of hydrazine groups is 1. The molecule has 0 saturated carbocycles. The van der Waals surface area contributed by atoms with E-state index in [1.54, 1.807) is 6.92 Å². The van der Waals surface area contributed by atoms with Crippen LogP contribution in [0.4, 0.5) is 0 Å². The van der Waals surface area contributed by atoms with Gasteiger partial charge in [-0.15, -0.1) is 0 Å². The number of benzene rings is 1. The Bertz CT molecular complexity index is 613. The van der Waals surface area contributed by atoms with Crippen LogP contribution in [-0.2, 0) is 4.79 Å². The molecular weight excluding hydrogens is 528 g/mol. The van der Waals surface area contributed by atoms with E-state index in [1.807, 2.05) is 0 Å². The molecule has 0 saturated heterocycles. The molecule has 0 radical (unpaired) electrons. The largest absolute Gasteiger partial charge is 0.281 e. The van der Waals surface area contributed by atoms with E-state index in [2.05, 4.69) is 69.1 Å². The SMILES string of the molecule is CCC(=O)NN1C(=O)c2c(Br)c(Br)c(Br)c(Br)c2C1=O. The van der Waals surface area contributed by atoms with E-state index in [9.17, 15) is 14.4 Å². The van der Waals surface area contributed by atoms with E-state index in [0.717, 1.165) is 5.01 Å². The summed E-state index contributed by atoms with van der Waals surface area (Å²) in [6.45, 7) is 1.63. The number of nitrogens with zero attached hydrogens (tertiary/aromatic N) is 1. The van der Waals surface area contributed by atoms with Gasteiger partial charge in [0.05, 0.1) is 11.1 Å². The molecule has 0 bridgehead atoms. The second-order valence-electron chi connectivity index (χ2n) is 3.84. The lowest BCUT2D eigenvalue weighted by Gasteiger charge is -2.14. The summed E-state index contributed by atoms with van der Waals surface area (Å²) in [4.78, 5) is 36.0. The predicted octanol–water partition coefficient (Wildman–Crippen LogP) is 3.77. The summed E-state index contributed by atoms with van der Waals surface area (Å²) >= 11 is 13.2. The first-order valence-corrected chi connectivity index (χ1v) is 8.52. The molecule has 1 aromatic rings. The fraction of sp³-hybridized carbons (Fsp3) is 0.182. The lowest BCUT2D eigenvalue weighted by molar-refractivity contribution is -0.123. The van der Waals surface area contributed by atoms with Crippen LogP contribution in [0, 0.1) is 0 Å². The van der Waals surface area contributed by atoms with Gasteiger partial charge in [0.2, 0.25) is 5.91 Å². The molecule has 1 aliphatic rings. The van der Waals surface area contributed by atoms with E-state index in [4.69, 9.17) is 0 Å². The number of hydrogen-bond donors (Lipinski definition) is 1. The Hall–Kier alpha value is -0.250. The summed E-state index contributed by atoms with van der Waals surface area (Å²) < 4.78 is 2.12. The highest BCUT2D eigenvalue weighted by molar-refractivity contribution is 9.15. The average Bonchev–Trinajstić information content (AvgIpc) is 2.67. The van der Waals surface area contributed by atoms with Crippen molar-refractivity contribution in [1.29, 1.82) is 0 Å². The Morgan fingerprint density at radius 2 is 1.35 bits per heavy atom. The van der Waals surface area contributed by atoms with Crippen LogP contribution in [0.5, 0.6) is 0 Å². The van der Waals surface area contributed by atoms with Gasteiger partial charge in [-0.2, -0.15) is 5.01 Å². The molecule has 3 amide bonds. The summed E-state index contributed by atoms with van der Waals surface area (Å²) in [5.41, 5.74) is 2.70. The molecule has 0 aliphatic carbocycles. The van der Waals surface area contributed by atoms with Crippen molar-refractivity contribution in [2.45, 2.75) is 13.3 Å². The van der Waals surface area contributed by atoms with Gasteiger partial charge in [0.1, 0.15) is 0 Å². The first kappa shape index (κ1) is 16.1.